The van der Waals surface area contributed by atoms with Crippen LogP contribution in [-0.2, 0) is 7.05 Å². The molecule has 0 spiro atoms. The van der Waals surface area contributed by atoms with E-state index in [1.165, 1.54) is 0 Å². The summed E-state index contributed by atoms with van der Waals surface area (Å²) in [5.74, 6) is -0.120. The average molecular weight is 196 g/mol. The summed E-state index contributed by atoms with van der Waals surface area (Å²) in [5, 5.41) is 4.01. The first-order chi connectivity index (χ1) is 6.56. The van der Waals surface area contributed by atoms with Crippen LogP contribution in [0.15, 0.2) is 6.20 Å². The van der Waals surface area contributed by atoms with Gasteiger partial charge in [0.25, 0.3) is 5.91 Å². The van der Waals surface area contributed by atoms with E-state index in [1.807, 2.05) is 6.92 Å². The lowest BCUT2D eigenvalue weighted by molar-refractivity contribution is 0.0789. The molecule has 1 aromatic rings. The molecule has 5 heteroatoms. The summed E-state index contributed by atoms with van der Waals surface area (Å²) >= 11 is 0. The van der Waals surface area contributed by atoms with Crippen LogP contribution in [0.25, 0.3) is 0 Å². The first-order valence-corrected chi connectivity index (χ1v) is 4.60. The predicted octanol–water partition coefficient (Wildman–Crippen LogP) is 0.484. The summed E-state index contributed by atoms with van der Waals surface area (Å²) in [6.45, 7) is 2.74. The Hall–Kier alpha value is -1.52. The van der Waals surface area contributed by atoms with Crippen LogP contribution in [0.4, 0.5) is 5.69 Å². The van der Waals surface area contributed by atoms with E-state index in [-0.39, 0.29) is 5.91 Å². The average Bonchev–Trinajstić information content (AvgIpc) is 2.44. The van der Waals surface area contributed by atoms with E-state index in [0.29, 0.717) is 11.4 Å². The second-order valence-electron chi connectivity index (χ2n) is 3.33. The van der Waals surface area contributed by atoms with Gasteiger partial charge in [0.05, 0.1) is 5.69 Å². The van der Waals surface area contributed by atoms with Crippen LogP contribution in [0.3, 0.4) is 0 Å². The maximum Gasteiger partial charge on any atom is 0.276 e. The van der Waals surface area contributed by atoms with Crippen LogP contribution in [0.5, 0.6) is 0 Å². The second-order valence-corrected chi connectivity index (χ2v) is 3.33. The predicted molar refractivity (Wildman–Crippen MR) is 54.9 cm³/mol. The molecule has 0 aliphatic rings. The molecule has 5 nitrogen and oxygen atoms in total. The number of carbonyl (C=O) groups is 1. The summed E-state index contributed by atoms with van der Waals surface area (Å²) in [6.07, 6.45) is 2.56. The van der Waals surface area contributed by atoms with Crippen molar-refractivity contribution in [3.05, 3.63) is 11.9 Å². The smallest absolute Gasteiger partial charge is 0.276 e. The summed E-state index contributed by atoms with van der Waals surface area (Å²) in [5.41, 5.74) is 6.41. The number of nitrogens with zero attached hydrogens (tertiary/aromatic N) is 3. The number of carbonyl (C=O) groups excluding carboxylic acids is 1. The first kappa shape index (κ1) is 10.6. The minimum atomic E-state index is -0.120. The van der Waals surface area contributed by atoms with E-state index in [4.69, 9.17) is 5.73 Å². The summed E-state index contributed by atoms with van der Waals surface area (Å²) in [6, 6.07) is 0. The molecule has 78 valence electrons. The maximum atomic E-state index is 11.7. The normalized spacial score (nSPS) is 10.2. The number of nitrogens with two attached hydrogens (primary N) is 1. The number of hydrogen-bond acceptors (Lipinski definition) is 3. The third kappa shape index (κ3) is 2.04. The minimum Gasteiger partial charge on any atom is -0.396 e. The molecule has 14 heavy (non-hydrogen) atoms. The van der Waals surface area contributed by atoms with Crippen molar-refractivity contribution in [3.63, 3.8) is 0 Å². The summed E-state index contributed by atoms with van der Waals surface area (Å²) in [7, 11) is 3.49. The molecule has 0 aliphatic carbocycles. The molecule has 0 unspecified atom stereocenters. The van der Waals surface area contributed by atoms with E-state index >= 15 is 0 Å². The van der Waals surface area contributed by atoms with Crippen molar-refractivity contribution in [1.29, 1.82) is 0 Å². The van der Waals surface area contributed by atoms with Gasteiger partial charge in [0.1, 0.15) is 0 Å². The van der Waals surface area contributed by atoms with Gasteiger partial charge in [0.15, 0.2) is 5.69 Å². The van der Waals surface area contributed by atoms with E-state index in [2.05, 4.69) is 5.10 Å². The fourth-order valence-corrected chi connectivity index (χ4v) is 1.29. The van der Waals surface area contributed by atoms with E-state index in [0.717, 1.165) is 13.0 Å². The fourth-order valence-electron chi connectivity index (χ4n) is 1.29. The minimum absolute atomic E-state index is 0.120. The van der Waals surface area contributed by atoms with Crippen molar-refractivity contribution >= 4 is 11.6 Å². The van der Waals surface area contributed by atoms with Gasteiger partial charge >= 0.3 is 0 Å². The largest absolute Gasteiger partial charge is 0.396 e. The lowest BCUT2D eigenvalue weighted by Gasteiger charge is -2.14. The number of rotatable bonds is 3. The number of nitrogen functional groups attached to an aromatic ring is 1. The van der Waals surface area contributed by atoms with Gasteiger partial charge in [-0.15, -0.1) is 0 Å². The van der Waals surface area contributed by atoms with Crippen LogP contribution in [0.2, 0.25) is 0 Å². The van der Waals surface area contributed by atoms with Crippen molar-refractivity contribution in [1.82, 2.24) is 14.7 Å². The highest BCUT2D eigenvalue weighted by atomic mass is 16.2. The number of anilines is 1. The maximum absolute atomic E-state index is 11.7. The van der Waals surface area contributed by atoms with Crippen LogP contribution in [-0.4, -0.2) is 34.2 Å². The van der Waals surface area contributed by atoms with Crippen LogP contribution < -0.4 is 5.73 Å². The molecule has 0 saturated carbocycles. The van der Waals surface area contributed by atoms with Crippen molar-refractivity contribution in [3.8, 4) is 0 Å². The van der Waals surface area contributed by atoms with Gasteiger partial charge < -0.3 is 10.6 Å². The Morgan fingerprint density at radius 1 is 1.71 bits per heavy atom. The van der Waals surface area contributed by atoms with Crippen molar-refractivity contribution in [2.45, 2.75) is 13.3 Å². The Balaban J connectivity index is 2.83. The molecule has 0 aromatic carbocycles. The Bertz CT molecular complexity index is 332. The molecule has 1 amide bonds. The van der Waals surface area contributed by atoms with Gasteiger partial charge in [-0.2, -0.15) is 5.10 Å². The summed E-state index contributed by atoms with van der Waals surface area (Å²) in [4.78, 5) is 13.4. The van der Waals surface area contributed by atoms with Crippen LogP contribution in [0, 0.1) is 0 Å². The van der Waals surface area contributed by atoms with Gasteiger partial charge in [-0.1, -0.05) is 6.92 Å². The molecule has 0 saturated heterocycles. The molecule has 1 rings (SSSR count). The molecule has 0 aliphatic heterocycles. The zero-order chi connectivity index (χ0) is 10.7. The Morgan fingerprint density at radius 2 is 2.36 bits per heavy atom. The Labute approximate surface area is 83.5 Å². The SMILES string of the molecule is CCCN(C)C(=O)c1nn(C)cc1N. The quantitative estimate of drug-likeness (QED) is 0.765. The molecule has 1 aromatic heterocycles. The van der Waals surface area contributed by atoms with E-state index in [9.17, 15) is 4.79 Å². The third-order valence-electron chi connectivity index (χ3n) is 1.97. The second kappa shape index (κ2) is 4.13. The third-order valence-corrected chi connectivity index (χ3v) is 1.97. The number of aromatic nitrogens is 2. The van der Waals surface area contributed by atoms with Gasteiger partial charge in [0.2, 0.25) is 0 Å². The molecular weight excluding hydrogens is 180 g/mol. The molecule has 0 atom stereocenters. The highest BCUT2D eigenvalue weighted by Gasteiger charge is 2.17. The van der Waals surface area contributed by atoms with Crippen LogP contribution in [0.1, 0.15) is 23.8 Å². The van der Waals surface area contributed by atoms with Crippen molar-refractivity contribution in [2.75, 3.05) is 19.3 Å². The zero-order valence-corrected chi connectivity index (χ0v) is 8.82. The van der Waals surface area contributed by atoms with Gasteiger partial charge in [-0.3, -0.25) is 9.48 Å². The van der Waals surface area contributed by atoms with Crippen molar-refractivity contribution in [2.24, 2.45) is 7.05 Å². The van der Waals surface area contributed by atoms with Gasteiger partial charge in [-0.25, -0.2) is 0 Å². The molecule has 0 bridgehead atoms. The lowest BCUT2D eigenvalue weighted by Crippen LogP contribution is -2.28. The highest BCUT2D eigenvalue weighted by molar-refractivity contribution is 5.96. The van der Waals surface area contributed by atoms with Gasteiger partial charge in [0, 0.05) is 26.8 Å². The monoisotopic (exact) mass is 196 g/mol. The first-order valence-electron chi connectivity index (χ1n) is 4.60. The summed E-state index contributed by atoms with van der Waals surface area (Å²) < 4.78 is 1.54. The van der Waals surface area contributed by atoms with Crippen molar-refractivity contribution < 1.29 is 4.79 Å². The Kier molecular flexibility index (Phi) is 3.11. The molecule has 1 heterocycles. The zero-order valence-electron chi connectivity index (χ0n) is 8.82. The molecule has 0 radical (unpaired) electrons. The molecule has 2 N–H and O–H groups in total. The van der Waals surface area contributed by atoms with Gasteiger partial charge in [-0.05, 0) is 6.42 Å². The number of aryl methyl sites for hydroxylation is 1. The topological polar surface area (TPSA) is 64.2 Å². The molecular formula is C9H16N4O. The fraction of sp³-hybridized carbons (Fsp3) is 0.556. The highest BCUT2D eigenvalue weighted by Crippen LogP contribution is 2.10. The Morgan fingerprint density at radius 3 is 2.79 bits per heavy atom. The van der Waals surface area contributed by atoms with E-state index in [1.54, 1.807) is 29.9 Å². The van der Waals surface area contributed by atoms with Crippen LogP contribution >= 0.6 is 0 Å². The molecule has 0 fully saturated rings. The number of amides is 1. The lowest BCUT2D eigenvalue weighted by atomic mass is 10.3. The standard InChI is InChI=1S/C9H16N4O/c1-4-5-12(2)9(14)8-7(10)6-13(3)11-8/h6H,4-5,10H2,1-3H3. The number of hydrogen-bond donors (Lipinski definition) is 1. The van der Waals surface area contributed by atoms with E-state index < -0.39 is 0 Å².